The van der Waals surface area contributed by atoms with Crippen molar-refractivity contribution in [1.29, 1.82) is 0 Å². The zero-order chi connectivity index (χ0) is 13.1. The highest BCUT2D eigenvalue weighted by Crippen LogP contribution is 2.16. The smallest absolute Gasteiger partial charge is 0.253 e. The Morgan fingerprint density at radius 2 is 2.39 bits per heavy atom. The summed E-state index contributed by atoms with van der Waals surface area (Å²) < 4.78 is 1.67. The molecule has 0 aliphatic heterocycles. The molecule has 2 aromatic rings. The molecule has 0 spiro atoms. The van der Waals surface area contributed by atoms with Gasteiger partial charge in [-0.3, -0.25) is 9.48 Å². The molecular formula is C11H12ClN5O. The Balaban J connectivity index is 2.05. The van der Waals surface area contributed by atoms with Gasteiger partial charge in [-0.1, -0.05) is 11.6 Å². The molecule has 2 aromatic heterocycles. The van der Waals surface area contributed by atoms with Crippen molar-refractivity contribution < 1.29 is 4.79 Å². The fourth-order valence-corrected chi connectivity index (χ4v) is 1.64. The number of hydrogen-bond donors (Lipinski definition) is 2. The van der Waals surface area contributed by atoms with Crippen LogP contribution in [0.15, 0.2) is 24.5 Å². The van der Waals surface area contributed by atoms with E-state index in [9.17, 15) is 4.79 Å². The first-order valence-corrected chi connectivity index (χ1v) is 5.62. The van der Waals surface area contributed by atoms with Gasteiger partial charge in [0.25, 0.3) is 5.91 Å². The average Bonchev–Trinajstić information content (AvgIpc) is 2.75. The molecule has 94 valence electrons. The van der Waals surface area contributed by atoms with Crippen molar-refractivity contribution in [2.24, 2.45) is 7.05 Å². The van der Waals surface area contributed by atoms with Crippen molar-refractivity contribution >= 4 is 23.3 Å². The van der Waals surface area contributed by atoms with Crippen LogP contribution in [0.3, 0.4) is 0 Å². The lowest BCUT2D eigenvalue weighted by molar-refractivity contribution is 0.0950. The molecular weight excluding hydrogens is 254 g/mol. The lowest BCUT2D eigenvalue weighted by atomic mass is 10.2. The van der Waals surface area contributed by atoms with Crippen LogP contribution in [0.25, 0.3) is 0 Å². The predicted octanol–water partition coefficient (Wildman–Crippen LogP) is 0.981. The van der Waals surface area contributed by atoms with Crippen molar-refractivity contribution in [3.63, 3.8) is 0 Å². The number of aryl methyl sites for hydroxylation is 1. The Hall–Kier alpha value is -2.08. The number of pyridine rings is 1. The van der Waals surface area contributed by atoms with Gasteiger partial charge in [-0.15, -0.1) is 0 Å². The Bertz CT molecular complexity index is 581. The standard InChI is InChI=1S/C11H12ClN5O/c1-17-3-2-7(16-17)5-15-11(18)8-4-10(13)14-6-9(8)12/h2-4,6H,5H2,1H3,(H2,13,14)(H,15,18). The second-order valence-corrected chi connectivity index (χ2v) is 4.16. The van der Waals surface area contributed by atoms with E-state index in [-0.39, 0.29) is 16.7 Å². The molecule has 0 fully saturated rings. The number of aromatic nitrogens is 3. The molecule has 0 bridgehead atoms. The third kappa shape index (κ3) is 2.78. The van der Waals surface area contributed by atoms with Crippen LogP contribution in [0.5, 0.6) is 0 Å². The summed E-state index contributed by atoms with van der Waals surface area (Å²) in [6, 6.07) is 3.26. The van der Waals surface area contributed by atoms with Crippen molar-refractivity contribution in [1.82, 2.24) is 20.1 Å². The Morgan fingerprint density at radius 1 is 1.61 bits per heavy atom. The molecule has 2 heterocycles. The van der Waals surface area contributed by atoms with Crippen LogP contribution in [0, 0.1) is 0 Å². The zero-order valence-electron chi connectivity index (χ0n) is 9.72. The van der Waals surface area contributed by atoms with E-state index in [0.29, 0.717) is 12.1 Å². The number of rotatable bonds is 3. The number of nitrogens with two attached hydrogens (primary N) is 1. The number of nitrogens with zero attached hydrogens (tertiary/aromatic N) is 3. The van der Waals surface area contributed by atoms with Crippen LogP contribution < -0.4 is 11.1 Å². The maximum absolute atomic E-state index is 11.9. The molecule has 6 nitrogen and oxygen atoms in total. The molecule has 0 saturated carbocycles. The van der Waals surface area contributed by atoms with E-state index >= 15 is 0 Å². The number of carbonyl (C=O) groups is 1. The number of halogens is 1. The topological polar surface area (TPSA) is 85.8 Å². The summed E-state index contributed by atoms with van der Waals surface area (Å²) in [6.07, 6.45) is 3.16. The number of carbonyl (C=O) groups excluding carboxylic acids is 1. The lowest BCUT2D eigenvalue weighted by Gasteiger charge is -2.05. The van der Waals surface area contributed by atoms with Gasteiger partial charge in [0.05, 0.1) is 22.8 Å². The van der Waals surface area contributed by atoms with Gasteiger partial charge in [0.2, 0.25) is 0 Å². The van der Waals surface area contributed by atoms with Crippen LogP contribution >= 0.6 is 11.6 Å². The molecule has 0 saturated heterocycles. The molecule has 0 aliphatic rings. The lowest BCUT2D eigenvalue weighted by Crippen LogP contribution is -2.23. The van der Waals surface area contributed by atoms with Crippen LogP contribution in [0.4, 0.5) is 5.82 Å². The summed E-state index contributed by atoms with van der Waals surface area (Å²) in [5.74, 6) is -0.0536. The van der Waals surface area contributed by atoms with E-state index in [1.54, 1.807) is 10.9 Å². The van der Waals surface area contributed by atoms with Crippen molar-refractivity contribution in [3.8, 4) is 0 Å². The normalized spacial score (nSPS) is 10.3. The maximum Gasteiger partial charge on any atom is 0.253 e. The first-order chi connectivity index (χ1) is 8.56. The molecule has 2 rings (SSSR count). The third-order valence-electron chi connectivity index (χ3n) is 2.32. The molecule has 0 aromatic carbocycles. The zero-order valence-corrected chi connectivity index (χ0v) is 10.5. The van der Waals surface area contributed by atoms with Gasteiger partial charge in [0.15, 0.2) is 0 Å². The van der Waals surface area contributed by atoms with E-state index in [1.807, 2.05) is 13.1 Å². The highest BCUT2D eigenvalue weighted by Gasteiger charge is 2.11. The van der Waals surface area contributed by atoms with E-state index in [2.05, 4.69) is 15.4 Å². The minimum absolute atomic E-state index is 0.252. The van der Waals surface area contributed by atoms with Gasteiger partial charge in [0.1, 0.15) is 5.82 Å². The van der Waals surface area contributed by atoms with Gasteiger partial charge in [-0.05, 0) is 12.1 Å². The minimum Gasteiger partial charge on any atom is -0.384 e. The quantitative estimate of drug-likeness (QED) is 0.866. The SMILES string of the molecule is Cn1ccc(CNC(=O)c2cc(N)ncc2Cl)n1. The fourth-order valence-electron chi connectivity index (χ4n) is 1.45. The van der Waals surface area contributed by atoms with E-state index < -0.39 is 0 Å². The number of hydrogen-bond acceptors (Lipinski definition) is 4. The summed E-state index contributed by atoms with van der Waals surface area (Å²) >= 11 is 5.88. The summed E-state index contributed by atoms with van der Waals surface area (Å²) in [4.78, 5) is 15.7. The summed E-state index contributed by atoms with van der Waals surface area (Å²) in [6.45, 7) is 0.332. The van der Waals surface area contributed by atoms with E-state index in [1.165, 1.54) is 12.3 Å². The van der Waals surface area contributed by atoms with Gasteiger partial charge in [-0.2, -0.15) is 5.10 Å². The largest absolute Gasteiger partial charge is 0.384 e. The van der Waals surface area contributed by atoms with Gasteiger partial charge >= 0.3 is 0 Å². The van der Waals surface area contributed by atoms with Crippen LogP contribution in [-0.2, 0) is 13.6 Å². The molecule has 1 amide bonds. The van der Waals surface area contributed by atoms with Crippen molar-refractivity contribution in [2.45, 2.75) is 6.54 Å². The molecule has 3 N–H and O–H groups in total. The molecule has 0 radical (unpaired) electrons. The number of anilines is 1. The molecule has 0 atom stereocenters. The molecule has 7 heteroatoms. The Kier molecular flexibility index (Phi) is 3.47. The van der Waals surface area contributed by atoms with Gasteiger partial charge in [0, 0.05) is 19.4 Å². The molecule has 0 aliphatic carbocycles. The van der Waals surface area contributed by atoms with Crippen LogP contribution in [0.2, 0.25) is 5.02 Å². The van der Waals surface area contributed by atoms with Gasteiger partial charge < -0.3 is 11.1 Å². The van der Waals surface area contributed by atoms with Crippen molar-refractivity contribution in [2.75, 3.05) is 5.73 Å². The van der Waals surface area contributed by atoms with Crippen LogP contribution in [-0.4, -0.2) is 20.7 Å². The summed E-state index contributed by atoms with van der Waals surface area (Å²) in [5, 5.41) is 7.13. The van der Waals surface area contributed by atoms with Gasteiger partial charge in [-0.25, -0.2) is 4.98 Å². The Morgan fingerprint density at radius 3 is 3.06 bits per heavy atom. The van der Waals surface area contributed by atoms with E-state index in [0.717, 1.165) is 5.69 Å². The summed E-state index contributed by atoms with van der Waals surface area (Å²) in [5.41, 5.74) is 6.58. The minimum atomic E-state index is -0.306. The average molecular weight is 266 g/mol. The Labute approximate surface area is 109 Å². The molecule has 0 unspecified atom stereocenters. The molecule has 18 heavy (non-hydrogen) atoms. The first-order valence-electron chi connectivity index (χ1n) is 5.24. The highest BCUT2D eigenvalue weighted by atomic mass is 35.5. The van der Waals surface area contributed by atoms with Crippen molar-refractivity contribution in [3.05, 3.63) is 40.8 Å². The number of amides is 1. The second kappa shape index (κ2) is 5.05. The first kappa shape index (κ1) is 12.4. The second-order valence-electron chi connectivity index (χ2n) is 3.75. The highest BCUT2D eigenvalue weighted by molar-refractivity contribution is 6.33. The number of nitrogen functional groups attached to an aromatic ring is 1. The van der Waals surface area contributed by atoms with E-state index in [4.69, 9.17) is 17.3 Å². The number of nitrogens with one attached hydrogen (secondary N) is 1. The summed E-state index contributed by atoms with van der Waals surface area (Å²) in [7, 11) is 1.81. The fraction of sp³-hybridized carbons (Fsp3) is 0.182. The maximum atomic E-state index is 11.9. The third-order valence-corrected chi connectivity index (χ3v) is 2.62. The monoisotopic (exact) mass is 265 g/mol. The van der Waals surface area contributed by atoms with Crippen LogP contribution in [0.1, 0.15) is 16.1 Å². The predicted molar refractivity (Wildman–Crippen MR) is 68.0 cm³/mol.